The second-order valence-corrected chi connectivity index (χ2v) is 27.0. The van der Waals surface area contributed by atoms with E-state index in [1.54, 1.807) is 22.6 Å². The summed E-state index contributed by atoms with van der Waals surface area (Å²) in [5.74, 6) is 0.171. The Kier molecular flexibility index (Phi) is 17.9. The van der Waals surface area contributed by atoms with E-state index in [-0.39, 0.29) is 61.2 Å². The summed E-state index contributed by atoms with van der Waals surface area (Å²) < 4.78 is 37.5. The van der Waals surface area contributed by atoms with Gasteiger partial charge in [0.1, 0.15) is 48.3 Å². The van der Waals surface area contributed by atoms with Gasteiger partial charge in [0.05, 0.1) is 52.1 Å². The van der Waals surface area contributed by atoms with Crippen molar-refractivity contribution in [3.63, 3.8) is 0 Å². The predicted molar refractivity (Wildman–Crippen MR) is 313 cm³/mol. The molecule has 1 saturated carbocycles. The zero-order valence-electron chi connectivity index (χ0n) is 48.8. The van der Waals surface area contributed by atoms with Crippen molar-refractivity contribution >= 4 is 52.3 Å². The number of nitrogens with one attached hydrogen (secondary N) is 4. The number of likely N-dealkylation sites (tertiary alicyclic amines) is 3. The number of aromatic nitrogens is 3. The number of amides is 4. The second kappa shape index (κ2) is 24.8. The van der Waals surface area contributed by atoms with E-state index in [1.165, 1.54) is 17.0 Å². The number of aliphatic hydroxyl groups excluding tert-OH is 1. The number of β-amino-alcohol motifs (C(OH)–C–C–N with tert-alkyl or cyclic N) is 1. The number of benzene rings is 2. The maximum absolute atomic E-state index is 15.8. The molecule has 2 aromatic carbocycles. The van der Waals surface area contributed by atoms with Crippen LogP contribution in [-0.4, -0.2) is 167 Å². The van der Waals surface area contributed by atoms with Crippen LogP contribution in [0.25, 0.3) is 10.4 Å². The van der Waals surface area contributed by atoms with Crippen molar-refractivity contribution < 1.29 is 37.8 Å². The Morgan fingerprint density at radius 3 is 2.29 bits per heavy atom. The quantitative estimate of drug-likeness (QED) is 0.0661. The van der Waals surface area contributed by atoms with Crippen molar-refractivity contribution in [2.75, 3.05) is 93.7 Å². The van der Waals surface area contributed by atoms with Crippen molar-refractivity contribution in [2.45, 2.75) is 142 Å². The predicted octanol–water partition coefficient (Wildman–Crippen LogP) is 6.68. The van der Waals surface area contributed by atoms with Gasteiger partial charge in [0.15, 0.2) is 0 Å². The fraction of sp³-hybridized carbons (Fsp3) is 0.623. The molecule has 10 rings (SSSR count). The van der Waals surface area contributed by atoms with Gasteiger partial charge in [-0.25, -0.2) is 23.7 Å². The van der Waals surface area contributed by atoms with Gasteiger partial charge in [-0.05, 0) is 118 Å². The maximum atomic E-state index is 15.8. The first-order chi connectivity index (χ1) is 39.1. The molecule has 5 N–H and O–H groups in total. The topological polar surface area (TPSA) is 201 Å². The molecule has 1 spiro atoms. The van der Waals surface area contributed by atoms with Crippen LogP contribution in [0.15, 0.2) is 54.3 Å². The number of carbonyl (C=O) groups excluding carboxylic acids is 4. The molecule has 0 radical (unpaired) electrons. The number of aryl methyl sites for hydroxylation is 1. The number of carbonyl (C=O) groups is 4. The van der Waals surface area contributed by atoms with E-state index in [2.05, 4.69) is 64.8 Å². The lowest BCUT2D eigenvalue weighted by Crippen LogP contribution is -2.66. The molecule has 1 aliphatic carbocycles. The summed E-state index contributed by atoms with van der Waals surface area (Å²) in [7, 11) is 0. The second-order valence-electron chi connectivity index (χ2n) is 26.1. The molecule has 2 aromatic heterocycles. The van der Waals surface area contributed by atoms with Gasteiger partial charge in [0.2, 0.25) is 23.6 Å². The van der Waals surface area contributed by atoms with E-state index in [9.17, 15) is 24.3 Å². The average Bonchev–Trinajstić information content (AvgIpc) is 4.28. The number of hydrogen-bond acceptors (Lipinski definition) is 15. The van der Waals surface area contributed by atoms with Crippen molar-refractivity contribution in [3.05, 3.63) is 82.8 Å². The van der Waals surface area contributed by atoms with Crippen LogP contribution in [0.2, 0.25) is 0 Å². The molecule has 6 fully saturated rings. The zero-order chi connectivity index (χ0) is 58.1. The highest BCUT2D eigenvalue weighted by Gasteiger charge is 2.46. The minimum atomic E-state index is -0.946. The number of halogens is 2. The van der Waals surface area contributed by atoms with Gasteiger partial charge in [-0.2, -0.15) is 0 Å². The number of anilines is 3. The lowest BCUT2D eigenvalue weighted by atomic mass is 9.82. The lowest BCUT2D eigenvalue weighted by molar-refractivity contribution is -0.145. The molecule has 6 aliphatic rings. The SMILES string of the molecule is Cc1ncsc1-c1ccc([C@H](C)NC(=O)[C@@H]2C[C@@H](O)CN2C(=O)[C@@H](NC(=O)CO[C@@H]2C[C@@H]3CN(CCCNc4cc(N5CCC6(CC5)CN(c5cc(F)c(CN7CCC(C)(C)CC7)cc5F)CC(=O)N6)ncn4)C[C@@H]3C2)C(C)(C)C)cc1. The lowest BCUT2D eigenvalue weighted by Gasteiger charge is -2.48. The van der Waals surface area contributed by atoms with Crippen LogP contribution < -0.4 is 31.1 Å². The van der Waals surface area contributed by atoms with Crippen LogP contribution in [0.3, 0.4) is 0 Å². The Labute approximate surface area is 485 Å². The first-order valence-corrected chi connectivity index (χ1v) is 30.5. The summed E-state index contributed by atoms with van der Waals surface area (Å²) in [5, 5.41) is 23.4. The molecule has 7 atom stereocenters. The molecule has 18 nitrogen and oxygen atoms in total. The van der Waals surface area contributed by atoms with Gasteiger partial charge in [-0.15, -0.1) is 11.3 Å². The van der Waals surface area contributed by atoms with Crippen LogP contribution in [0.5, 0.6) is 0 Å². The molecule has 0 unspecified atom stereocenters. The smallest absolute Gasteiger partial charge is 0.246 e. The molecule has 5 aliphatic heterocycles. The van der Waals surface area contributed by atoms with Gasteiger partial charge in [-0.3, -0.25) is 24.1 Å². The minimum Gasteiger partial charge on any atom is -0.391 e. The third-order valence-electron chi connectivity index (χ3n) is 18.2. The fourth-order valence-electron chi connectivity index (χ4n) is 13.3. The van der Waals surface area contributed by atoms with Gasteiger partial charge < -0.3 is 50.7 Å². The van der Waals surface area contributed by atoms with E-state index in [0.29, 0.717) is 56.4 Å². The van der Waals surface area contributed by atoms with Crippen molar-refractivity contribution in [2.24, 2.45) is 22.7 Å². The largest absolute Gasteiger partial charge is 0.391 e. The molecule has 21 heteroatoms. The normalized spacial score (nSPS) is 24.5. The molecule has 82 heavy (non-hydrogen) atoms. The Morgan fingerprint density at radius 1 is 0.890 bits per heavy atom. The van der Waals surface area contributed by atoms with Crippen LogP contribution in [0.4, 0.5) is 26.1 Å². The van der Waals surface area contributed by atoms with Crippen LogP contribution in [0, 0.1) is 41.2 Å². The summed E-state index contributed by atoms with van der Waals surface area (Å²) in [6.45, 7) is 21.1. The fourth-order valence-corrected chi connectivity index (χ4v) is 14.1. The third kappa shape index (κ3) is 14.0. The van der Waals surface area contributed by atoms with Crippen LogP contribution in [-0.2, 0) is 30.5 Å². The van der Waals surface area contributed by atoms with Gasteiger partial charge in [-0.1, -0.05) is 58.9 Å². The summed E-state index contributed by atoms with van der Waals surface area (Å²) in [6, 6.07) is 10.3. The standard InChI is InChI=1S/C61H84F2N12O6S/c1-38(40-9-11-41(12-10-40)55-39(2)67-37-82-55)68-57(79)50-26-45(76)32-75(50)58(80)56(59(3,4)5)69-54(78)34-81-46-23-42-29-72(30-43(42)24-46)18-8-17-64-51-28-52(66-36-65-51)73-21-15-61(16-22-73)35-74(33-53(77)70-61)49-27-47(62)44(25-48(49)63)31-71-19-13-60(6,7)14-20-71/h9-12,25,27-28,36-38,42-43,45-46,50,56,76H,8,13-24,26,29-35H2,1-7H3,(H,68,79)(H,69,78)(H,70,77)(H,64,65,66)/t38-,42-,43+,45+,46-,50-,56+/m0/s1. The molecule has 7 heterocycles. The Bertz CT molecular complexity index is 2910. The van der Waals surface area contributed by atoms with Crippen LogP contribution >= 0.6 is 11.3 Å². The minimum absolute atomic E-state index is 0.00675. The molecule has 4 aromatic rings. The van der Waals surface area contributed by atoms with Gasteiger partial charge in [0.25, 0.3) is 0 Å². The maximum Gasteiger partial charge on any atom is 0.246 e. The van der Waals surface area contributed by atoms with Crippen molar-refractivity contribution in [3.8, 4) is 10.4 Å². The number of hydrogen-bond donors (Lipinski definition) is 5. The van der Waals surface area contributed by atoms with Gasteiger partial charge in [0, 0.05) is 76.5 Å². The molecular formula is C61H84F2N12O6S. The summed E-state index contributed by atoms with van der Waals surface area (Å²) in [5.41, 5.74) is 4.22. The Hall–Kier alpha value is -5.87. The van der Waals surface area contributed by atoms with Crippen molar-refractivity contribution in [1.29, 1.82) is 0 Å². The summed E-state index contributed by atoms with van der Waals surface area (Å²) >= 11 is 1.58. The highest BCUT2D eigenvalue weighted by Crippen LogP contribution is 2.40. The first kappa shape index (κ1) is 59.3. The highest BCUT2D eigenvalue weighted by molar-refractivity contribution is 7.13. The van der Waals surface area contributed by atoms with E-state index < -0.39 is 52.6 Å². The van der Waals surface area contributed by atoms with Gasteiger partial charge >= 0.3 is 0 Å². The van der Waals surface area contributed by atoms with E-state index in [4.69, 9.17) is 4.74 Å². The number of thiazole rings is 1. The molecule has 5 saturated heterocycles. The van der Waals surface area contributed by atoms with Crippen molar-refractivity contribution in [1.82, 2.24) is 45.6 Å². The van der Waals surface area contributed by atoms with Crippen LogP contribution in [0.1, 0.15) is 116 Å². The number of aliphatic hydroxyl groups is 1. The number of ether oxygens (including phenoxy) is 1. The number of piperazine rings is 1. The number of rotatable bonds is 18. The molecule has 4 amide bonds. The molecule has 444 valence electrons. The van der Waals surface area contributed by atoms with E-state index in [0.717, 1.165) is 105 Å². The molecule has 0 bridgehead atoms. The Balaban J connectivity index is 0.630. The third-order valence-corrected chi connectivity index (χ3v) is 19.2. The number of fused-ring (bicyclic) bond motifs is 1. The average molecular weight is 1150 g/mol. The monoisotopic (exact) mass is 1150 g/mol. The van der Waals surface area contributed by atoms with E-state index >= 15 is 8.78 Å². The highest BCUT2D eigenvalue weighted by atomic mass is 32.1. The molecular weight excluding hydrogens is 1070 g/mol. The first-order valence-electron chi connectivity index (χ1n) is 29.6. The number of piperidine rings is 2. The summed E-state index contributed by atoms with van der Waals surface area (Å²) in [6.07, 6.45) is 6.67. The van der Waals surface area contributed by atoms with E-state index in [1.807, 2.05) is 70.5 Å². The number of nitrogens with zero attached hydrogens (tertiary/aromatic N) is 8. The Morgan fingerprint density at radius 2 is 1.61 bits per heavy atom. The zero-order valence-corrected chi connectivity index (χ0v) is 49.6. The summed E-state index contributed by atoms with van der Waals surface area (Å²) in [4.78, 5) is 79.2.